The van der Waals surface area contributed by atoms with Crippen LogP contribution in [0.2, 0.25) is 0 Å². The van der Waals surface area contributed by atoms with Gasteiger partial charge in [-0.3, -0.25) is 4.79 Å². The van der Waals surface area contributed by atoms with Gasteiger partial charge in [0.1, 0.15) is 16.8 Å². The van der Waals surface area contributed by atoms with E-state index in [9.17, 15) is 10.1 Å². The second kappa shape index (κ2) is 12.6. The van der Waals surface area contributed by atoms with Crippen LogP contribution in [0.4, 0.5) is 5.00 Å². The molecule has 1 aromatic carbocycles. The number of carbonyl (C=O) groups is 1. The zero-order chi connectivity index (χ0) is 26.4. The molecule has 37 heavy (non-hydrogen) atoms. The van der Waals surface area contributed by atoms with Crippen molar-refractivity contribution in [3.05, 3.63) is 51.7 Å². The number of nitriles is 1. The summed E-state index contributed by atoms with van der Waals surface area (Å²) in [4.78, 5) is 14.1. The molecule has 1 atom stereocenters. The predicted octanol–water partition coefficient (Wildman–Crippen LogP) is 6.88. The van der Waals surface area contributed by atoms with E-state index in [1.807, 2.05) is 30.5 Å². The standard InChI is InChI=1S/C28H35N5O2S2/c1-5-33-26(19(4)35-21-14-12-20(13-15-21)18(2)3)31-32-28(33)36-17-25(34)30-27-23(16-29)22-10-8-6-7-9-11-24(22)37-27/h12-15,18-19H,5-11,17H2,1-4H3,(H,30,34). The number of rotatable bonds is 9. The van der Waals surface area contributed by atoms with Gasteiger partial charge in [-0.2, -0.15) is 5.26 Å². The summed E-state index contributed by atoms with van der Waals surface area (Å²) in [7, 11) is 0. The molecular weight excluding hydrogens is 502 g/mol. The van der Waals surface area contributed by atoms with Crippen molar-refractivity contribution in [3.63, 3.8) is 0 Å². The number of aromatic nitrogens is 3. The van der Waals surface area contributed by atoms with Crippen LogP contribution < -0.4 is 10.1 Å². The quantitative estimate of drug-likeness (QED) is 0.299. The van der Waals surface area contributed by atoms with E-state index < -0.39 is 0 Å². The fraction of sp³-hybridized carbons (Fsp3) is 0.500. The average molecular weight is 538 g/mol. The zero-order valence-corrected chi connectivity index (χ0v) is 23.7. The van der Waals surface area contributed by atoms with Gasteiger partial charge in [0.05, 0.1) is 11.3 Å². The van der Waals surface area contributed by atoms with Gasteiger partial charge in [0, 0.05) is 11.4 Å². The number of nitrogens with one attached hydrogen (secondary N) is 1. The highest BCUT2D eigenvalue weighted by atomic mass is 32.2. The summed E-state index contributed by atoms with van der Waals surface area (Å²) in [5.41, 5.74) is 3.05. The Kier molecular flexibility index (Phi) is 9.28. The third-order valence-electron chi connectivity index (χ3n) is 6.65. The molecule has 1 amide bonds. The lowest BCUT2D eigenvalue weighted by Crippen LogP contribution is -2.15. The Morgan fingerprint density at radius 3 is 2.57 bits per heavy atom. The summed E-state index contributed by atoms with van der Waals surface area (Å²) in [6.45, 7) is 8.99. The number of ether oxygens (including phenoxy) is 1. The number of thiophene rings is 1. The Labute approximate surface area is 227 Å². The van der Waals surface area contributed by atoms with E-state index in [4.69, 9.17) is 4.74 Å². The van der Waals surface area contributed by atoms with Crippen LogP contribution in [-0.2, 0) is 24.2 Å². The minimum Gasteiger partial charge on any atom is -0.483 e. The van der Waals surface area contributed by atoms with Crippen LogP contribution in [0.1, 0.15) is 92.8 Å². The maximum Gasteiger partial charge on any atom is 0.235 e. The summed E-state index contributed by atoms with van der Waals surface area (Å²) in [5, 5.41) is 22.9. The lowest BCUT2D eigenvalue weighted by molar-refractivity contribution is -0.113. The predicted molar refractivity (Wildman–Crippen MR) is 150 cm³/mol. The number of anilines is 1. The normalized spacial score (nSPS) is 14.4. The summed E-state index contributed by atoms with van der Waals surface area (Å²) in [6, 6.07) is 10.5. The average Bonchev–Trinajstić information content (AvgIpc) is 3.43. The molecular formula is C28H35N5O2S2. The molecule has 9 heteroatoms. The summed E-state index contributed by atoms with van der Waals surface area (Å²) in [5.74, 6) is 2.03. The van der Waals surface area contributed by atoms with Crippen molar-refractivity contribution in [2.75, 3.05) is 11.1 Å². The van der Waals surface area contributed by atoms with Gasteiger partial charge in [-0.25, -0.2) is 0 Å². The van der Waals surface area contributed by atoms with E-state index >= 15 is 0 Å². The number of aryl methyl sites for hydroxylation is 1. The minimum atomic E-state index is -0.288. The number of carbonyl (C=O) groups excluding carboxylic acids is 1. The second-order valence-electron chi connectivity index (χ2n) is 9.64. The summed E-state index contributed by atoms with van der Waals surface area (Å²) < 4.78 is 8.13. The Bertz CT molecular complexity index is 1260. The highest BCUT2D eigenvalue weighted by Gasteiger charge is 2.22. The first-order valence-corrected chi connectivity index (χ1v) is 14.9. The van der Waals surface area contributed by atoms with Crippen molar-refractivity contribution in [2.24, 2.45) is 0 Å². The fourth-order valence-electron chi connectivity index (χ4n) is 4.61. The molecule has 1 N–H and O–H groups in total. The Morgan fingerprint density at radius 2 is 1.89 bits per heavy atom. The van der Waals surface area contributed by atoms with Crippen molar-refractivity contribution in [3.8, 4) is 11.8 Å². The van der Waals surface area contributed by atoms with Crippen LogP contribution in [0, 0.1) is 11.3 Å². The molecule has 2 aromatic heterocycles. The molecule has 0 radical (unpaired) electrons. The highest BCUT2D eigenvalue weighted by Crippen LogP contribution is 2.36. The van der Waals surface area contributed by atoms with Crippen molar-refractivity contribution in [1.29, 1.82) is 5.26 Å². The lowest BCUT2D eigenvalue weighted by Gasteiger charge is -2.16. The molecule has 196 valence electrons. The maximum atomic E-state index is 12.8. The van der Waals surface area contributed by atoms with E-state index in [-0.39, 0.29) is 17.8 Å². The number of benzene rings is 1. The summed E-state index contributed by atoms with van der Waals surface area (Å²) in [6.07, 6.45) is 6.29. The second-order valence-corrected chi connectivity index (χ2v) is 11.7. The van der Waals surface area contributed by atoms with Crippen LogP contribution in [0.5, 0.6) is 5.75 Å². The molecule has 1 aliphatic carbocycles. The van der Waals surface area contributed by atoms with Gasteiger partial charge in [0.2, 0.25) is 5.91 Å². The molecule has 7 nitrogen and oxygen atoms in total. The van der Waals surface area contributed by atoms with E-state index in [1.54, 1.807) is 11.3 Å². The fourth-order valence-corrected chi connectivity index (χ4v) is 6.68. The number of nitrogens with zero attached hydrogens (tertiary/aromatic N) is 4. The lowest BCUT2D eigenvalue weighted by atomic mass is 9.97. The SMILES string of the molecule is CCn1c(SCC(=O)Nc2sc3c(c2C#N)CCCCCC3)nnc1C(C)Oc1ccc(C(C)C)cc1. The Balaban J connectivity index is 1.39. The Morgan fingerprint density at radius 1 is 1.16 bits per heavy atom. The van der Waals surface area contributed by atoms with E-state index in [0.717, 1.165) is 42.8 Å². The van der Waals surface area contributed by atoms with Crippen molar-refractivity contribution >= 4 is 34.0 Å². The number of hydrogen-bond donors (Lipinski definition) is 1. The van der Waals surface area contributed by atoms with Gasteiger partial charge in [-0.05, 0) is 68.7 Å². The van der Waals surface area contributed by atoms with Crippen molar-refractivity contribution in [2.45, 2.75) is 89.9 Å². The van der Waals surface area contributed by atoms with Crippen LogP contribution in [0.25, 0.3) is 0 Å². The minimum absolute atomic E-state index is 0.141. The smallest absolute Gasteiger partial charge is 0.235 e. The molecule has 0 fully saturated rings. The molecule has 1 aliphatic rings. The molecule has 0 saturated carbocycles. The van der Waals surface area contributed by atoms with Crippen LogP contribution in [0.15, 0.2) is 29.4 Å². The number of thioether (sulfide) groups is 1. The van der Waals surface area contributed by atoms with Gasteiger partial charge in [0.15, 0.2) is 17.1 Å². The van der Waals surface area contributed by atoms with E-state index in [2.05, 4.69) is 47.6 Å². The molecule has 0 saturated heterocycles. The van der Waals surface area contributed by atoms with Gasteiger partial charge < -0.3 is 14.6 Å². The van der Waals surface area contributed by atoms with Crippen LogP contribution in [0.3, 0.4) is 0 Å². The van der Waals surface area contributed by atoms with Gasteiger partial charge in [0.25, 0.3) is 0 Å². The molecule has 0 bridgehead atoms. The van der Waals surface area contributed by atoms with Gasteiger partial charge in [-0.1, -0.05) is 50.6 Å². The first-order chi connectivity index (χ1) is 17.9. The van der Waals surface area contributed by atoms with Crippen molar-refractivity contribution < 1.29 is 9.53 Å². The number of fused-ring (bicyclic) bond motifs is 1. The first kappa shape index (κ1) is 27.2. The largest absolute Gasteiger partial charge is 0.483 e. The molecule has 2 heterocycles. The monoisotopic (exact) mass is 537 g/mol. The van der Waals surface area contributed by atoms with E-state index in [0.29, 0.717) is 28.2 Å². The molecule has 0 spiro atoms. The highest BCUT2D eigenvalue weighted by molar-refractivity contribution is 7.99. The molecule has 3 aromatic rings. The molecule has 4 rings (SSSR count). The van der Waals surface area contributed by atoms with E-state index in [1.165, 1.54) is 35.0 Å². The number of amides is 1. The Hall–Kier alpha value is -2.83. The summed E-state index contributed by atoms with van der Waals surface area (Å²) >= 11 is 2.91. The molecule has 0 aliphatic heterocycles. The van der Waals surface area contributed by atoms with Crippen LogP contribution in [-0.4, -0.2) is 26.4 Å². The third kappa shape index (κ3) is 6.55. The van der Waals surface area contributed by atoms with Crippen LogP contribution >= 0.6 is 23.1 Å². The number of hydrogen-bond acceptors (Lipinski definition) is 7. The zero-order valence-electron chi connectivity index (χ0n) is 22.0. The maximum absolute atomic E-state index is 12.8. The third-order valence-corrected chi connectivity index (χ3v) is 8.83. The first-order valence-electron chi connectivity index (χ1n) is 13.1. The van der Waals surface area contributed by atoms with Gasteiger partial charge >= 0.3 is 0 Å². The van der Waals surface area contributed by atoms with Crippen molar-refractivity contribution in [1.82, 2.24) is 14.8 Å². The topological polar surface area (TPSA) is 92.8 Å². The van der Waals surface area contributed by atoms with Gasteiger partial charge in [-0.15, -0.1) is 21.5 Å². The molecule has 1 unspecified atom stereocenters.